The summed E-state index contributed by atoms with van der Waals surface area (Å²) >= 11 is 6.20. The zero-order valence-corrected chi connectivity index (χ0v) is 13.0. The van der Waals surface area contributed by atoms with Crippen LogP contribution < -0.4 is 10.1 Å². The summed E-state index contributed by atoms with van der Waals surface area (Å²) in [5, 5.41) is 3.13. The van der Waals surface area contributed by atoms with E-state index in [1.807, 2.05) is 0 Å². The number of imidazole rings is 1. The van der Waals surface area contributed by atoms with Gasteiger partial charge in [-0.05, 0) is 30.3 Å². The summed E-state index contributed by atoms with van der Waals surface area (Å²) in [6.07, 6.45) is 6.46. The Balaban J connectivity index is 1.73. The summed E-state index contributed by atoms with van der Waals surface area (Å²) in [4.78, 5) is 20.0. The normalized spacial score (nSPS) is 10.3. The Bertz CT molecular complexity index is 833. The van der Waals surface area contributed by atoms with E-state index in [4.69, 9.17) is 16.3 Å². The van der Waals surface area contributed by atoms with Crippen LogP contribution in [0, 0.1) is 0 Å². The zero-order valence-electron chi connectivity index (χ0n) is 12.2. The molecule has 3 aromatic rings. The smallest absolute Gasteiger partial charge is 0.275 e. The number of anilines is 1. The lowest BCUT2D eigenvalue weighted by molar-refractivity contribution is 0.102. The summed E-state index contributed by atoms with van der Waals surface area (Å²) in [6.45, 7) is 0. The van der Waals surface area contributed by atoms with Crippen molar-refractivity contribution in [3.8, 4) is 11.5 Å². The molecule has 0 atom stereocenters. The average Bonchev–Trinajstić information content (AvgIpc) is 2.98. The van der Waals surface area contributed by atoms with Gasteiger partial charge in [0, 0.05) is 31.3 Å². The Morgan fingerprint density at radius 2 is 2.04 bits per heavy atom. The first kappa shape index (κ1) is 15.1. The molecule has 1 N–H and O–H groups in total. The second-order valence-electron chi connectivity index (χ2n) is 4.81. The minimum Gasteiger partial charge on any atom is -0.456 e. The molecular formula is C16H13ClN4O2. The van der Waals surface area contributed by atoms with Crippen molar-refractivity contribution in [3.63, 3.8) is 0 Å². The van der Waals surface area contributed by atoms with Crippen molar-refractivity contribution >= 4 is 23.2 Å². The van der Waals surface area contributed by atoms with Gasteiger partial charge in [0.1, 0.15) is 17.2 Å². The third kappa shape index (κ3) is 3.67. The fraction of sp³-hybridized carbons (Fsp3) is 0.0625. The van der Waals surface area contributed by atoms with Gasteiger partial charge in [-0.2, -0.15) is 0 Å². The number of benzene rings is 1. The van der Waals surface area contributed by atoms with Gasteiger partial charge in [-0.25, -0.2) is 4.98 Å². The minimum atomic E-state index is -0.301. The van der Waals surface area contributed by atoms with Crippen molar-refractivity contribution in [3.05, 3.63) is 66.0 Å². The van der Waals surface area contributed by atoms with E-state index in [0.717, 1.165) is 0 Å². The molecule has 0 aliphatic rings. The average molecular weight is 329 g/mol. The second-order valence-corrected chi connectivity index (χ2v) is 5.22. The number of hydrogen-bond donors (Lipinski definition) is 1. The number of hydrogen-bond acceptors (Lipinski definition) is 4. The van der Waals surface area contributed by atoms with Crippen LogP contribution >= 0.6 is 11.6 Å². The number of aromatic nitrogens is 3. The number of nitrogens with zero attached hydrogens (tertiary/aromatic N) is 3. The molecule has 2 aromatic heterocycles. The summed E-state index contributed by atoms with van der Waals surface area (Å²) in [6, 6.07) is 8.49. The third-order valence-corrected chi connectivity index (χ3v) is 3.30. The van der Waals surface area contributed by atoms with Crippen LogP contribution in [-0.4, -0.2) is 20.4 Å². The predicted molar refractivity (Wildman–Crippen MR) is 86.9 cm³/mol. The van der Waals surface area contributed by atoms with Gasteiger partial charge < -0.3 is 14.6 Å². The largest absolute Gasteiger partial charge is 0.456 e. The lowest BCUT2D eigenvalue weighted by Gasteiger charge is -2.09. The maximum atomic E-state index is 12.0. The van der Waals surface area contributed by atoms with Crippen LogP contribution in [0.3, 0.4) is 0 Å². The highest BCUT2D eigenvalue weighted by molar-refractivity contribution is 6.32. The van der Waals surface area contributed by atoms with Gasteiger partial charge in [0.15, 0.2) is 0 Å². The monoisotopic (exact) mass is 328 g/mol. The Labute approximate surface area is 137 Å². The maximum Gasteiger partial charge on any atom is 0.275 e. The van der Waals surface area contributed by atoms with Gasteiger partial charge in [-0.15, -0.1) is 0 Å². The molecule has 23 heavy (non-hydrogen) atoms. The van der Waals surface area contributed by atoms with Crippen LogP contribution in [0.1, 0.15) is 10.5 Å². The van der Waals surface area contributed by atoms with Gasteiger partial charge >= 0.3 is 0 Å². The zero-order chi connectivity index (χ0) is 16.2. The Morgan fingerprint density at radius 1 is 1.26 bits per heavy atom. The molecule has 3 rings (SSSR count). The molecule has 0 saturated heterocycles. The second kappa shape index (κ2) is 6.50. The van der Waals surface area contributed by atoms with E-state index in [0.29, 0.717) is 27.9 Å². The first-order valence-corrected chi connectivity index (χ1v) is 7.16. The molecule has 0 unspecified atom stereocenters. The third-order valence-electron chi connectivity index (χ3n) is 3.00. The van der Waals surface area contributed by atoms with Crippen molar-refractivity contribution < 1.29 is 9.53 Å². The highest BCUT2D eigenvalue weighted by Crippen LogP contribution is 2.31. The molecular weight excluding hydrogens is 316 g/mol. The van der Waals surface area contributed by atoms with Crippen molar-refractivity contribution in [1.82, 2.24) is 14.5 Å². The number of nitrogens with one attached hydrogen (secondary N) is 1. The highest BCUT2D eigenvalue weighted by Gasteiger charge is 2.11. The van der Waals surface area contributed by atoms with E-state index in [2.05, 4.69) is 15.3 Å². The Kier molecular flexibility index (Phi) is 4.25. The number of carbonyl (C=O) groups excluding carboxylic acids is 1. The molecule has 0 saturated carbocycles. The van der Waals surface area contributed by atoms with E-state index in [1.165, 1.54) is 0 Å². The number of rotatable bonds is 4. The molecule has 1 amide bonds. The first-order chi connectivity index (χ1) is 11.1. The molecule has 2 heterocycles. The number of pyridine rings is 1. The van der Waals surface area contributed by atoms with Crippen LogP contribution in [0.2, 0.25) is 5.02 Å². The maximum absolute atomic E-state index is 12.0. The van der Waals surface area contributed by atoms with Gasteiger partial charge in [-0.1, -0.05) is 11.6 Å². The van der Waals surface area contributed by atoms with Crippen LogP contribution in [-0.2, 0) is 7.05 Å². The van der Waals surface area contributed by atoms with E-state index in [-0.39, 0.29) is 5.91 Å². The fourth-order valence-electron chi connectivity index (χ4n) is 1.92. The predicted octanol–water partition coefficient (Wildman–Crippen LogP) is 3.51. The first-order valence-electron chi connectivity index (χ1n) is 6.78. The SMILES string of the molecule is Cn1cnc(C(=O)Nc2ccc(Oc3ccncc3)c(Cl)c2)c1. The van der Waals surface area contributed by atoms with Gasteiger partial charge in [0.25, 0.3) is 5.91 Å². The standard InChI is InChI=1S/C16H13ClN4O2/c1-21-9-14(19-10-21)16(22)20-11-2-3-15(13(17)8-11)23-12-4-6-18-7-5-12/h2-10H,1H3,(H,20,22). The van der Waals surface area contributed by atoms with Gasteiger partial charge in [-0.3, -0.25) is 9.78 Å². The van der Waals surface area contributed by atoms with Crippen molar-refractivity contribution in [2.24, 2.45) is 7.05 Å². The van der Waals surface area contributed by atoms with E-state index in [9.17, 15) is 4.79 Å². The number of halogens is 1. The molecule has 6 nitrogen and oxygen atoms in total. The lowest BCUT2D eigenvalue weighted by Crippen LogP contribution is -2.12. The number of aryl methyl sites for hydroxylation is 1. The summed E-state index contributed by atoms with van der Waals surface area (Å²) in [5.74, 6) is 0.824. The molecule has 0 fully saturated rings. The summed E-state index contributed by atoms with van der Waals surface area (Å²) in [7, 11) is 1.80. The Hall–Kier alpha value is -2.86. The van der Waals surface area contributed by atoms with Crippen molar-refractivity contribution in [2.75, 3.05) is 5.32 Å². The number of amides is 1. The number of ether oxygens (including phenoxy) is 1. The van der Waals surface area contributed by atoms with E-state index in [1.54, 1.807) is 66.9 Å². The van der Waals surface area contributed by atoms with E-state index < -0.39 is 0 Å². The minimum absolute atomic E-state index is 0.301. The van der Waals surface area contributed by atoms with Crippen LogP contribution in [0.4, 0.5) is 5.69 Å². The molecule has 1 aromatic carbocycles. The summed E-state index contributed by atoms with van der Waals surface area (Å²) < 4.78 is 7.36. The molecule has 0 spiro atoms. The highest BCUT2D eigenvalue weighted by atomic mass is 35.5. The topological polar surface area (TPSA) is 69.0 Å². The van der Waals surface area contributed by atoms with Crippen LogP contribution in [0.25, 0.3) is 0 Å². The molecule has 7 heteroatoms. The summed E-state index contributed by atoms with van der Waals surface area (Å²) in [5.41, 5.74) is 0.897. The molecule has 0 radical (unpaired) electrons. The number of carbonyl (C=O) groups is 1. The fourth-order valence-corrected chi connectivity index (χ4v) is 2.14. The van der Waals surface area contributed by atoms with Crippen molar-refractivity contribution in [1.29, 1.82) is 0 Å². The van der Waals surface area contributed by atoms with Gasteiger partial charge in [0.2, 0.25) is 0 Å². The molecule has 116 valence electrons. The molecule has 0 bridgehead atoms. The van der Waals surface area contributed by atoms with Crippen LogP contribution in [0.5, 0.6) is 11.5 Å². The quantitative estimate of drug-likeness (QED) is 0.795. The van der Waals surface area contributed by atoms with Gasteiger partial charge in [0.05, 0.1) is 11.3 Å². The van der Waals surface area contributed by atoms with Crippen LogP contribution in [0.15, 0.2) is 55.2 Å². The Morgan fingerprint density at radius 3 is 2.70 bits per heavy atom. The van der Waals surface area contributed by atoms with Crippen molar-refractivity contribution in [2.45, 2.75) is 0 Å². The lowest BCUT2D eigenvalue weighted by atomic mass is 10.3. The molecule has 0 aliphatic heterocycles. The molecule has 0 aliphatic carbocycles. The van der Waals surface area contributed by atoms with E-state index >= 15 is 0 Å².